The van der Waals surface area contributed by atoms with Gasteiger partial charge < -0.3 is 4.74 Å². The third-order valence-electron chi connectivity index (χ3n) is 3.02. The fourth-order valence-corrected chi connectivity index (χ4v) is 1.98. The molecular weight excluding hydrogens is 232 g/mol. The van der Waals surface area contributed by atoms with E-state index in [2.05, 4.69) is 36.9 Å². The van der Waals surface area contributed by atoms with Crippen LogP contribution in [0.25, 0.3) is 0 Å². The van der Waals surface area contributed by atoms with Crippen LogP contribution in [0.1, 0.15) is 24.0 Å². The van der Waals surface area contributed by atoms with Crippen LogP contribution in [0.15, 0.2) is 67.3 Å². The van der Waals surface area contributed by atoms with Crippen molar-refractivity contribution in [2.24, 2.45) is 0 Å². The van der Waals surface area contributed by atoms with Gasteiger partial charge in [0, 0.05) is 0 Å². The first-order valence-electron chi connectivity index (χ1n) is 6.75. The normalized spacial score (nSPS) is 10.1. The Morgan fingerprint density at radius 3 is 2.53 bits per heavy atom. The fourth-order valence-electron chi connectivity index (χ4n) is 1.98. The highest BCUT2D eigenvalue weighted by Gasteiger charge is 1.98. The number of unbranched alkanes of at least 4 members (excludes halogenated alkanes) is 1. The van der Waals surface area contributed by atoms with Crippen molar-refractivity contribution in [3.05, 3.63) is 78.4 Å². The van der Waals surface area contributed by atoms with Gasteiger partial charge in [-0.3, -0.25) is 0 Å². The number of aryl methyl sites for hydroxylation is 1. The van der Waals surface area contributed by atoms with Crippen LogP contribution in [0.5, 0.6) is 5.75 Å². The first-order valence-corrected chi connectivity index (χ1v) is 6.75. The van der Waals surface area contributed by atoms with Crippen LogP contribution < -0.4 is 4.74 Å². The van der Waals surface area contributed by atoms with Gasteiger partial charge in [0.2, 0.25) is 0 Å². The maximum Gasteiger partial charge on any atom is 0.120 e. The van der Waals surface area contributed by atoms with E-state index in [4.69, 9.17) is 4.74 Å². The van der Waals surface area contributed by atoms with Crippen molar-refractivity contribution >= 4 is 0 Å². The van der Waals surface area contributed by atoms with E-state index in [1.54, 1.807) is 0 Å². The lowest BCUT2D eigenvalue weighted by Crippen LogP contribution is -1.95. The van der Waals surface area contributed by atoms with Gasteiger partial charge in [-0.05, 0) is 42.5 Å². The first kappa shape index (κ1) is 13.4. The SMILES string of the molecule is C=CCCCc1cccc(OCc2ccccc2)c1. The molecule has 98 valence electrons. The standard InChI is InChI=1S/C18H20O/c1-2-3-5-9-16-12-8-13-18(14-16)19-15-17-10-6-4-7-11-17/h2,4,6-8,10-14H,1,3,5,9,15H2. The zero-order chi connectivity index (χ0) is 13.3. The highest BCUT2D eigenvalue weighted by Crippen LogP contribution is 2.16. The molecular formula is C18H20O. The zero-order valence-electron chi connectivity index (χ0n) is 11.2. The number of benzene rings is 2. The topological polar surface area (TPSA) is 9.23 Å². The number of hydrogen-bond acceptors (Lipinski definition) is 1. The molecule has 2 rings (SSSR count). The summed E-state index contributed by atoms with van der Waals surface area (Å²) in [7, 11) is 0. The lowest BCUT2D eigenvalue weighted by molar-refractivity contribution is 0.306. The molecule has 0 fully saturated rings. The van der Waals surface area contributed by atoms with Crippen molar-refractivity contribution in [3.63, 3.8) is 0 Å². The lowest BCUT2D eigenvalue weighted by atomic mass is 10.1. The Morgan fingerprint density at radius 1 is 0.947 bits per heavy atom. The molecule has 0 saturated heterocycles. The molecule has 0 spiro atoms. The summed E-state index contributed by atoms with van der Waals surface area (Å²) in [4.78, 5) is 0. The van der Waals surface area contributed by atoms with Crippen LogP contribution in [-0.4, -0.2) is 0 Å². The highest BCUT2D eigenvalue weighted by molar-refractivity contribution is 5.29. The Hall–Kier alpha value is -2.02. The molecule has 2 aromatic rings. The van der Waals surface area contributed by atoms with E-state index in [0.717, 1.165) is 25.0 Å². The van der Waals surface area contributed by atoms with E-state index in [-0.39, 0.29) is 0 Å². The van der Waals surface area contributed by atoms with Gasteiger partial charge in [-0.1, -0.05) is 48.5 Å². The van der Waals surface area contributed by atoms with Crippen molar-refractivity contribution < 1.29 is 4.74 Å². The molecule has 0 atom stereocenters. The molecule has 1 nitrogen and oxygen atoms in total. The van der Waals surface area contributed by atoms with Gasteiger partial charge >= 0.3 is 0 Å². The molecule has 2 aromatic carbocycles. The molecule has 0 amide bonds. The molecule has 0 aromatic heterocycles. The van der Waals surface area contributed by atoms with Crippen LogP contribution in [0.4, 0.5) is 0 Å². The summed E-state index contributed by atoms with van der Waals surface area (Å²) in [6, 6.07) is 18.6. The third-order valence-corrected chi connectivity index (χ3v) is 3.02. The Bertz CT molecular complexity index is 502. The Balaban J connectivity index is 1.89. The highest BCUT2D eigenvalue weighted by atomic mass is 16.5. The molecule has 0 N–H and O–H groups in total. The maximum atomic E-state index is 5.82. The fraction of sp³-hybridized carbons (Fsp3) is 0.222. The van der Waals surface area contributed by atoms with Crippen molar-refractivity contribution in [1.29, 1.82) is 0 Å². The second-order valence-electron chi connectivity index (χ2n) is 4.60. The quantitative estimate of drug-likeness (QED) is 0.509. The van der Waals surface area contributed by atoms with E-state index in [1.807, 2.05) is 30.3 Å². The van der Waals surface area contributed by atoms with E-state index in [0.29, 0.717) is 6.61 Å². The van der Waals surface area contributed by atoms with Gasteiger partial charge in [-0.2, -0.15) is 0 Å². The van der Waals surface area contributed by atoms with E-state index in [1.165, 1.54) is 11.1 Å². The van der Waals surface area contributed by atoms with Crippen LogP contribution >= 0.6 is 0 Å². The summed E-state index contributed by atoms with van der Waals surface area (Å²) in [5, 5.41) is 0. The van der Waals surface area contributed by atoms with Crippen LogP contribution in [0.3, 0.4) is 0 Å². The molecule has 0 aliphatic rings. The summed E-state index contributed by atoms with van der Waals surface area (Å²) >= 11 is 0. The minimum Gasteiger partial charge on any atom is -0.489 e. The Labute approximate surface area is 115 Å². The number of hydrogen-bond donors (Lipinski definition) is 0. The smallest absolute Gasteiger partial charge is 0.120 e. The van der Waals surface area contributed by atoms with Crippen LogP contribution in [0, 0.1) is 0 Å². The second-order valence-corrected chi connectivity index (χ2v) is 4.60. The van der Waals surface area contributed by atoms with E-state index >= 15 is 0 Å². The maximum absolute atomic E-state index is 5.82. The van der Waals surface area contributed by atoms with E-state index in [9.17, 15) is 0 Å². The lowest BCUT2D eigenvalue weighted by Gasteiger charge is -2.08. The second kappa shape index (κ2) is 7.42. The van der Waals surface area contributed by atoms with Crippen molar-refractivity contribution in [2.75, 3.05) is 0 Å². The average molecular weight is 252 g/mol. The monoisotopic (exact) mass is 252 g/mol. The number of allylic oxidation sites excluding steroid dienone is 1. The minimum atomic E-state index is 0.622. The molecule has 0 heterocycles. The summed E-state index contributed by atoms with van der Waals surface area (Å²) in [5.74, 6) is 0.944. The largest absolute Gasteiger partial charge is 0.489 e. The number of ether oxygens (including phenoxy) is 1. The Kier molecular flexibility index (Phi) is 5.24. The zero-order valence-corrected chi connectivity index (χ0v) is 11.2. The Morgan fingerprint density at radius 2 is 1.74 bits per heavy atom. The summed E-state index contributed by atoms with van der Waals surface area (Å²) in [5.41, 5.74) is 2.52. The summed E-state index contributed by atoms with van der Waals surface area (Å²) in [6.07, 6.45) is 5.26. The van der Waals surface area contributed by atoms with Gasteiger partial charge in [-0.15, -0.1) is 6.58 Å². The molecule has 0 bridgehead atoms. The molecule has 0 aliphatic carbocycles. The molecule has 19 heavy (non-hydrogen) atoms. The predicted molar refractivity (Wildman–Crippen MR) is 80.4 cm³/mol. The molecule has 0 aliphatic heterocycles. The van der Waals surface area contributed by atoms with Gasteiger partial charge in [0.05, 0.1) is 0 Å². The minimum absolute atomic E-state index is 0.622. The molecule has 0 saturated carbocycles. The average Bonchev–Trinajstić information content (AvgIpc) is 2.47. The molecule has 0 radical (unpaired) electrons. The van der Waals surface area contributed by atoms with Gasteiger partial charge in [0.1, 0.15) is 12.4 Å². The van der Waals surface area contributed by atoms with Crippen molar-refractivity contribution in [2.45, 2.75) is 25.9 Å². The van der Waals surface area contributed by atoms with Gasteiger partial charge in [0.25, 0.3) is 0 Å². The van der Waals surface area contributed by atoms with Crippen molar-refractivity contribution in [1.82, 2.24) is 0 Å². The van der Waals surface area contributed by atoms with E-state index < -0.39 is 0 Å². The third kappa shape index (κ3) is 4.63. The summed E-state index contributed by atoms with van der Waals surface area (Å²) < 4.78 is 5.82. The molecule has 0 unspecified atom stereocenters. The van der Waals surface area contributed by atoms with Crippen LogP contribution in [-0.2, 0) is 13.0 Å². The number of rotatable bonds is 7. The van der Waals surface area contributed by atoms with Crippen LogP contribution in [0.2, 0.25) is 0 Å². The van der Waals surface area contributed by atoms with Gasteiger partial charge in [-0.25, -0.2) is 0 Å². The van der Waals surface area contributed by atoms with Gasteiger partial charge in [0.15, 0.2) is 0 Å². The predicted octanol–water partition coefficient (Wildman–Crippen LogP) is 4.77. The molecule has 1 heteroatoms. The summed E-state index contributed by atoms with van der Waals surface area (Å²) in [6.45, 7) is 4.37. The first-order chi connectivity index (χ1) is 9.38. The van der Waals surface area contributed by atoms with Crippen molar-refractivity contribution in [3.8, 4) is 5.75 Å².